The molecule has 9 heteroatoms. The van der Waals surface area contributed by atoms with Crippen molar-refractivity contribution in [1.29, 1.82) is 0 Å². The molecule has 178 valence electrons. The highest BCUT2D eigenvalue weighted by Gasteiger charge is 2.48. The summed E-state index contributed by atoms with van der Waals surface area (Å²) < 4.78 is 47.0. The molecule has 32 heavy (non-hydrogen) atoms. The molecule has 3 rings (SSSR count). The first-order chi connectivity index (χ1) is 14.5. The number of carbonyl (C=O) groups is 1. The maximum absolute atomic E-state index is 13.0. The van der Waals surface area contributed by atoms with Crippen molar-refractivity contribution in [2.24, 2.45) is 9.81 Å². The van der Waals surface area contributed by atoms with Gasteiger partial charge in [-0.1, -0.05) is 10.5 Å². The Morgan fingerprint density at radius 2 is 1.75 bits per heavy atom. The Kier molecular flexibility index (Phi) is 6.52. The van der Waals surface area contributed by atoms with Crippen LogP contribution in [0.5, 0.6) is 0 Å². The molecule has 1 atom stereocenters. The van der Waals surface area contributed by atoms with Gasteiger partial charge in [0.25, 0.3) is 0 Å². The van der Waals surface area contributed by atoms with Gasteiger partial charge in [0, 0.05) is 30.3 Å². The minimum Gasteiger partial charge on any atom is -0.591 e. The monoisotopic (exact) mass is 482 g/mol. The van der Waals surface area contributed by atoms with Gasteiger partial charge in [-0.2, -0.15) is 0 Å². The normalized spacial score (nSPS) is 21.0. The van der Waals surface area contributed by atoms with Crippen LogP contribution >= 0.6 is 0 Å². The van der Waals surface area contributed by atoms with Crippen LogP contribution in [-0.2, 0) is 32.4 Å². The van der Waals surface area contributed by atoms with Gasteiger partial charge in [-0.25, -0.2) is 13.2 Å². The summed E-state index contributed by atoms with van der Waals surface area (Å²) in [5.41, 5.74) is 1.53. The lowest BCUT2D eigenvalue weighted by Gasteiger charge is -2.39. The average molecular weight is 483 g/mol. The second kappa shape index (κ2) is 8.33. The predicted molar refractivity (Wildman–Crippen MR) is 127 cm³/mol. The van der Waals surface area contributed by atoms with Crippen molar-refractivity contribution in [3.63, 3.8) is 0 Å². The number of nitrogens with zero attached hydrogens (tertiary/aromatic N) is 2. The van der Waals surface area contributed by atoms with Crippen LogP contribution in [0, 0.1) is 5.41 Å². The molecule has 0 bridgehead atoms. The SMILES string of the molecule is CC(C)(C)OC(=O)N1CCC2(CC1)Cc1ccc(S(C)(=O)=O)cc1C2=N[S+]([O-])C(C)(C)C. The van der Waals surface area contributed by atoms with Crippen LogP contribution < -0.4 is 0 Å². The van der Waals surface area contributed by atoms with E-state index in [1.807, 2.05) is 47.6 Å². The van der Waals surface area contributed by atoms with Gasteiger partial charge in [0.15, 0.2) is 9.84 Å². The fourth-order valence-corrected chi connectivity index (χ4v) is 5.50. The molecule has 1 amide bonds. The Morgan fingerprint density at radius 3 is 2.25 bits per heavy atom. The number of fused-ring (bicyclic) bond motifs is 1. The third kappa shape index (κ3) is 5.31. The van der Waals surface area contributed by atoms with Crippen LogP contribution in [0.15, 0.2) is 27.5 Å². The molecular weight excluding hydrogens is 448 g/mol. The average Bonchev–Trinajstić information content (AvgIpc) is 2.91. The van der Waals surface area contributed by atoms with Gasteiger partial charge < -0.3 is 14.2 Å². The number of piperidine rings is 1. The summed E-state index contributed by atoms with van der Waals surface area (Å²) in [6.45, 7) is 12.1. The summed E-state index contributed by atoms with van der Waals surface area (Å²) in [4.78, 5) is 14.5. The molecule has 1 aromatic carbocycles. The number of benzene rings is 1. The summed E-state index contributed by atoms with van der Waals surface area (Å²) in [5.74, 6) is 0. The molecule has 1 fully saturated rings. The maximum atomic E-state index is 13.0. The van der Waals surface area contributed by atoms with Gasteiger partial charge in [-0.15, -0.1) is 0 Å². The van der Waals surface area contributed by atoms with Gasteiger partial charge in [0.05, 0.1) is 4.90 Å². The largest absolute Gasteiger partial charge is 0.591 e. The fourth-order valence-electron chi connectivity index (χ4n) is 4.12. The Labute approximate surface area is 194 Å². The van der Waals surface area contributed by atoms with Crippen LogP contribution in [0.4, 0.5) is 4.79 Å². The summed E-state index contributed by atoms with van der Waals surface area (Å²) in [6, 6.07) is 5.13. The molecule has 1 aliphatic carbocycles. The van der Waals surface area contributed by atoms with Gasteiger partial charge in [0.1, 0.15) is 27.4 Å². The van der Waals surface area contributed by atoms with E-state index in [1.165, 1.54) is 6.26 Å². The summed E-state index contributed by atoms with van der Waals surface area (Å²) in [7, 11) is -3.38. The zero-order chi connectivity index (χ0) is 24.1. The molecule has 0 saturated carbocycles. The molecule has 0 radical (unpaired) electrons. The molecule has 0 aromatic heterocycles. The predicted octanol–water partition coefficient (Wildman–Crippen LogP) is 3.91. The van der Waals surface area contributed by atoms with Crippen LogP contribution in [-0.4, -0.2) is 59.4 Å². The number of hydrogen-bond donors (Lipinski definition) is 0. The van der Waals surface area contributed by atoms with E-state index in [-0.39, 0.29) is 16.4 Å². The molecule has 1 aromatic rings. The van der Waals surface area contributed by atoms with Crippen molar-refractivity contribution in [1.82, 2.24) is 4.90 Å². The Morgan fingerprint density at radius 1 is 1.16 bits per heavy atom. The molecule has 1 heterocycles. The second-order valence-electron chi connectivity index (χ2n) is 10.8. The van der Waals surface area contributed by atoms with E-state index in [0.29, 0.717) is 38.1 Å². The summed E-state index contributed by atoms with van der Waals surface area (Å²) in [5, 5.41) is 0. The van der Waals surface area contributed by atoms with E-state index >= 15 is 0 Å². The zero-order valence-electron chi connectivity index (χ0n) is 20.0. The molecule has 0 N–H and O–H groups in total. The third-order valence-corrected chi connectivity index (χ3v) is 8.37. The number of ether oxygens (including phenoxy) is 1. The summed E-state index contributed by atoms with van der Waals surface area (Å²) >= 11 is -1.49. The Bertz CT molecular complexity index is 1030. The first-order valence-electron chi connectivity index (χ1n) is 10.8. The van der Waals surface area contributed by atoms with Gasteiger partial charge >= 0.3 is 6.09 Å². The van der Waals surface area contributed by atoms with Gasteiger partial charge in [-0.05, 0) is 78.5 Å². The third-order valence-electron chi connectivity index (χ3n) is 5.87. The van der Waals surface area contributed by atoms with Crippen molar-refractivity contribution >= 4 is 33.0 Å². The van der Waals surface area contributed by atoms with Crippen molar-refractivity contribution in [2.75, 3.05) is 19.3 Å². The molecule has 1 unspecified atom stereocenters. The molecule has 1 aliphatic heterocycles. The van der Waals surface area contributed by atoms with E-state index < -0.39 is 31.5 Å². The van der Waals surface area contributed by atoms with Gasteiger partial charge in [-0.3, -0.25) is 0 Å². The van der Waals surface area contributed by atoms with Crippen LogP contribution in [0.3, 0.4) is 0 Å². The number of amides is 1. The fraction of sp³-hybridized carbons (Fsp3) is 0.652. The first-order valence-corrected chi connectivity index (χ1v) is 13.8. The Hall–Kier alpha value is -1.58. The van der Waals surface area contributed by atoms with E-state index in [9.17, 15) is 17.8 Å². The number of hydrogen-bond acceptors (Lipinski definition) is 6. The highest BCUT2D eigenvalue weighted by molar-refractivity contribution is 7.91. The lowest BCUT2D eigenvalue weighted by Crippen LogP contribution is -2.47. The molecule has 7 nitrogen and oxygen atoms in total. The van der Waals surface area contributed by atoms with E-state index in [0.717, 1.165) is 11.1 Å². The van der Waals surface area contributed by atoms with Gasteiger partial charge in [0.2, 0.25) is 0 Å². The highest BCUT2D eigenvalue weighted by atomic mass is 32.2. The number of carbonyl (C=O) groups excluding carboxylic acids is 1. The maximum Gasteiger partial charge on any atom is 0.410 e. The topological polar surface area (TPSA) is 99.1 Å². The van der Waals surface area contributed by atoms with Crippen LogP contribution in [0.25, 0.3) is 0 Å². The van der Waals surface area contributed by atoms with E-state index in [2.05, 4.69) is 4.40 Å². The smallest absolute Gasteiger partial charge is 0.410 e. The molecule has 2 aliphatic rings. The molecule has 1 spiro atoms. The number of likely N-dealkylation sites (tertiary alicyclic amines) is 1. The van der Waals surface area contributed by atoms with E-state index in [4.69, 9.17) is 4.74 Å². The number of sulfone groups is 1. The van der Waals surface area contributed by atoms with Crippen molar-refractivity contribution in [2.45, 2.75) is 76.0 Å². The lowest BCUT2D eigenvalue weighted by atomic mass is 9.74. The minimum atomic E-state index is -3.38. The van der Waals surface area contributed by atoms with Crippen LogP contribution in [0.2, 0.25) is 0 Å². The lowest BCUT2D eigenvalue weighted by molar-refractivity contribution is 0.0159. The van der Waals surface area contributed by atoms with Crippen molar-refractivity contribution in [3.05, 3.63) is 29.3 Å². The van der Waals surface area contributed by atoms with Crippen molar-refractivity contribution in [3.8, 4) is 0 Å². The highest BCUT2D eigenvalue weighted by Crippen LogP contribution is 2.46. The Balaban J connectivity index is 1.97. The van der Waals surface area contributed by atoms with Crippen LogP contribution in [0.1, 0.15) is 65.5 Å². The first kappa shape index (κ1) is 25.1. The van der Waals surface area contributed by atoms with E-state index in [1.54, 1.807) is 17.0 Å². The zero-order valence-corrected chi connectivity index (χ0v) is 21.7. The standard InChI is InChI=1S/C23H34N2O5S2/c1-21(2,3)30-20(26)25-12-10-23(11-13-25)15-16-8-9-17(32(7,28)29)14-18(16)19(23)24-31(27)22(4,5)6/h8-9,14H,10-13,15H2,1-7H3. The molecular formula is C23H34N2O5S2. The molecule has 1 saturated heterocycles. The number of rotatable bonds is 2. The second-order valence-corrected chi connectivity index (χ2v) is 14.7. The van der Waals surface area contributed by atoms with Crippen molar-refractivity contribution < 1.29 is 22.5 Å². The minimum absolute atomic E-state index is 0.230. The quantitative estimate of drug-likeness (QED) is 0.595. The summed E-state index contributed by atoms with van der Waals surface area (Å²) in [6.07, 6.45) is 2.83.